The standard InChI is InChI=1S/C24H21N9O2/c1-14(28-23(34)19-20(25)30-33-11-5-10-26-22(19)33)21-29-17-7-4-6-16(18(17)24(35)32(21)3)9-8-15-12-27-31(2)13-15/h4-7,10-14H,1-3H3,(H3,25,28,30,34)/p+1. The molecule has 1 atom stereocenters. The molecule has 0 radical (unpaired) electrons. The number of aromatic nitrogens is 7. The maximum atomic E-state index is 13.3. The number of nitrogens with two attached hydrogens (primary N) is 1. The Morgan fingerprint density at radius 3 is 2.86 bits per heavy atom. The van der Waals surface area contributed by atoms with Gasteiger partial charge in [-0.2, -0.15) is 5.10 Å². The Kier molecular flexibility index (Phi) is 5.25. The van der Waals surface area contributed by atoms with Gasteiger partial charge in [0.25, 0.3) is 11.5 Å². The van der Waals surface area contributed by atoms with Crippen molar-refractivity contribution < 1.29 is 9.31 Å². The molecule has 4 aromatic heterocycles. The van der Waals surface area contributed by atoms with E-state index in [0.717, 1.165) is 5.56 Å². The maximum absolute atomic E-state index is 13.3. The van der Waals surface area contributed by atoms with Crippen molar-refractivity contribution in [3.8, 4) is 11.8 Å². The van der Waals surface area contributed by atoms with Gasteiger partial charge in [-0.25, -0.2) is 10.1 Å². The van der Waals surface area contributed by atoms with E-state index in [4.69, 9.17) is 5.73 Å². The highest BCUT2D eigenvalue weighted by Crippen LogP contribution is 2.18. The minimum absolute atomic E-state index is 0.186. The number of nitrogen functional groups attached to an aromatic ring is 1. The van der Waals surface area contributed by atoms with Gasteiger partial charge in [-0.15, -0.1) is 4.52 Å². The van der Waals surface area contributed by atoms with E-state index in [0.29, 0.717) is 27.9 Å². The van der Waals surface area contributed by atoms with Gasteiger partial charge < -0.3 is 11.1 Å². The van der Waals surface area contributed by atoms with Crippen LogP contribution in [0.1, 0.15) is 40.3 Å². The fourth-order valence-corrected chi connectivity index (χ4v) is 3.95. The Bertz CT molecular complexity index is 1730. The van der Waals surface area contributed by atoms with Crippen LogP contribution in [-0.4, -0.2) is 35.3 Å². The molecular weight excluding hydrogens is 446 g/mol. The first kappa shape index (κ1) is 21.8. The van der Waals surface area contributed by atoms with E-state index in [1.54, 1.807) is 72.2 Å². The summed E-state index contributed by atoms with van der Waals surface area (Å²) >= 11 is 0. The van der Waals surface area contributed by atoms with E-state index in [-0.39, 0.29) is 16.9 Å². The SMILES string of the molecule is CC(NC(=O)c1c(N)[nH][n+]2cccnc12)c1nc2cccc(C#Cc3cnn(C)c3)c2c(=O)n1C. The highest BCUT2D eigenvalue weighted by Gasteiger charge is 2.27. The third kappa shape index (κ3) is 3.87. The van der Waals surface area contributed by atoms with Crippen molar-refractivity contribution in [1.82, 2.24) is 34.7 Å². The molecule has 0 aliphatic carbocycles. The molecule has 5 aromatic rings. The molecule has 0 spiro atoms. The van der Waals surface area contributed by atoms with Crippen molar-refractivity contribution >= 4 is 28.3 Å². The second-order valence-corrected chi connectivity index (χ2v) is 8.10. The summed E-state index contributed by atoms with van der Waals surface area (Å²) in [7, 11) is 3.43. The molecule has 0 saturated carbocycles. The summed E-state index contributed by atoms with van der Waals surface area (Å²) in [5.74, 6) is 6.23. The molecule has 1 aromatic carbocycles. The molecular formula is C24H22N9O2+. The highest BCUT2D eigenvalue weighted by atomic mass is 16.2. The molecule has 1 amide bonds. The number of carbonyl (C=O) groups excluding carboxylic acids is 1. The Labute approximate surface area is 199 Å². The number of anilines is 1. The minimum atomic E-state index is -0.590. The first-order chi connectivity index (χ1) is 16.8. The van der Waals surface area contributed by atoms with Crippen LogP contribution in [-0.2, 0) is 14.1 Å². The van der Waals surface area contributed by atoms with Gasteiger partial charge in [-0.3, -0.25) is 18.8 Å². The van der Waals surface area contributed by atoms with Gasteiger partial charge in [0, 0.05) is 31.9 Å². The van der Waals surface area contributed by atoms with Crippen LogP contribution in [0, 0.1) is 11.8 Å². The molecule has 5 rings (SSSR count). The summed E-state index contributed by atoms with van der Waals surface area (Å²) in [6.07, 6.45) is 6.74. The number of fused-ring (bicyclic) bond motifs is 2. The lowest BCUT2D eigenvalue weighted by Crippen LogP contribution is -2.33. The summed E-state index contributed by atoms with van der Waals surface area (Å²) in [5.41, 5.74) is 8.18. The van der Waals surface area contributed by atoms with Crippen LogP contribution in [0.5, 0.6) is 0 Å². The number of nitrogens with one attached hydrogen (secondary N) is 2. The molecule has 4 N–H and O–H groups in total. The zero-order chi connectivity index (χ0) is 24.7. The fourth-order valence-electron chi connectivity index (χ4n) is 3.95. The number of H-pyrrole nitrogens is 1. The third-order valence-corrected chi connectivity index (χ3v) is 5.63. The lowest BCUT2D eigenvalue weighted by Gasteiger charge is -2.17. The topological polar surface area (TPSA) is 141 Å². The van der Waals surface area contributed by atoms with Crippen LogP contribution in [0.4, 0.5) is 5.82 Å². The number of amides is 1. The normalized spacial score (nSPS) is 11.9. The first-order valence-electron chi connectivity index (χ1n) is 10.8. The van der Waals surface area contributed by atoms with Crippen molar-refractivity contribution in [2.24, 2.45) is 14.1 Å². The highest BCUT2D eigenvalue weighted by molar-refractivity contribution is 6.03. The molecule has 0 bridgehead atoms. The number of carbonyl (C=O) groups is 1. The van der Waals surface area contributed by atoms with Crippen LogP contribution in [0.3, 0.4) is 0 Å². The van der Waals surface area contributed by atoms with Crippen molar-refractivity contribution in [3.63, 3.8) is 0 Å². The van der Waals surface area contributed by atoms with Gasteiger partial charge in [-0.1, -0.05) is 17.9 Å². The summed E-state index contributed by atoms with van der Waals surface area (Å²) in [4.78, 5) is 35.3. The minimum Gasteiger partial charge on any atom is -0.382 e. The molecule has 0 saturated heterocycles. The zero-order valence-corrected chi connectivity index (χ0v) is 19.3. The monoisotopic (exact) mass is 468 g/mol. The van der Waals surface area contributed by atoms with Gasteiger partial charge in [0.05, 0.1) is 28.7 Å². The predicted octanol–water partition coefficient (Wildman–Crippen LogP) is 0.602. The largest absolute Gasteiger partial charge is 0.382 e. The third-order valence-electron chi connectivity index (χ3n) is 5.63. The van der Waals surface area contributed by atoms with Crippen molar-refractivity contribution in [2.45, 2.75) is 13.0 Å². The Morgan fingerprint density at radius 2 is 2.09 bits per heavy atom. The number of nitrogens with zero attached hydrogens (tertiary/aromatic N) is 6. The zero-order valence-electron chi connectivity index (χ0n) is 19.3. The van der Waals surface area contributed by atoms with Crippen LogP contribution in [0.15, 0.2) is 53.8 Å². The number of rotatable bonds is 3. The van der Waals surface area contributed by atoms with E-state index in [1.807, 2.05) is 7.05 Å². The molecule has 35 heavy (non-hydrogen) atoms. The number of hydrogen-bond donors (Lipinski definition) is 3. The Hall–Kier alpha value is -4.98. The summed E-state index contributed by atoms with van der Waals surface area (Å²) < 4.78 is 4.65. The second kappa shape index (κ2) is 8.42. The molecule has 0 aliphatic heterocycles. The van der Waals surface area contributed by atoms with Gasteiger partial charge in [0.2, 0.25) is 0 Å². The van der Waals surface area contributed by atoms with Crippen LogP contribution >= 0.6 is 0 Å². The quantitative estimate of drug-likeness (QED) is 0.262. The first-order valence-corrected chi connectivity index (χ1v) is 10.8. The lowest BCUT2D eigenvalue weighted by molar-refractivity contribution is -0.577. The lowest BCUT2D eigenvalue weighted by atomic mass is 10.1. The summed E-state index contributed by atoms with van der Waals surface area (Å²) in [6, 6.07) is 6.46. The van der Waals surface area contributed by atoms with Gasteiger partial charge in [0.1, 0.15) is 18.2 Å². The van der Waals surface area contributed by atoms with Crippen LogP contribution < -0.4 is 21.1 Å². The average molecular weight is 469 g/mol. The van der Waals surface area contributed by atoms with Gasteiger partial charge >= 0.3 is 5.65 Å². The number of aromatic amines is 1. The van der Waals surface area contributed by atoms with Gasteiger partial charge in [0.15, 0.2) is 11.4 Å². The van der Waals surface area contributed by atoms with Gasteiger partial charge in [-0.05, 0) is 24.0 Å². The van der Waals surface area contributed by atoms with E-state index >= 15 is 0 Å². The summed E-state index contributed by atoms with van der Waals surface area (Å²) in [6.45, 7) is 1.75. The fraction of sp³-hybridized carbons (Fsp3) is 0.167. The number of aryl methyl sites for hydroxylation is 1. The van der Waals surface area contributed by atoms with Crippen LogP contribution in [0.25, 0.3) is 16.6 Å². The van der Waals surface area contributed by atoms with E-state index < -0.39 is 11.9 Å². The van der Waals surface area contributed by atoms with E-state index in [1.165, 1.54) is 4.57 Å². The molecule has 0 aliphatic rings. The molecule has 11 nitrogen and oxygen atoms in total. The van der Waals surface area contributed by atoms with Crippen molar-refractivity contribution in [2.75, 3.05) is 5.73 Å². The Morgan fingerprint density at radius 1 is 1.26 bits per heavy atom. The molecule has 1 unspecified atom stereocenters. The van der Waals surface area contributed by atoms with Crippen molar-refractivity contribution in [3.05, 3.63) is 81.9 Å². The van der Waals surface area contributed by atoms with E-state index in [9.17, 15) is 9.59 Å². The second-order valence-electron chi connectivity index (χ2n) is 8.10. The maximum Gasteiger partial charge on any atom is 0.362 e. The number of hydrogen-bond acceptors (Lipinski definition) is 6. The molecule has 0 fully saturated rings. The predicted molar refractivity (Wildman–Crippen MR) is 128 cm³/mol. The van der Waals surface area contributed by atoms with Crippen molar-refractivity contribution in [1.29, 1.82) is 0 Å². The Balaban J connectivity index is 1.51. The number of benzene rings is 1. The van der Waals surface area contributed by atoms with E-state index in [2.05, 4.69) is 37.3 Å². The molecule has 4 heterocycles. The summed E-state index contributed by atoms with van der Waals surface area (Å²) in [5, 5.41) is 10.3. The molecule has 174 valence electrons. The smallest absolute Gasteiger partial charge is 0.362 e. The molecule has 11 heteroatoms. The average Bonchev–Trinajstić information content (AvgIpc) is 3.41. The van der Waals surface area contributed by atoms with Crippen LogP contribution in [0.2, 0.25) is 0 Å².